The highest BCUT2D eigenvalue weighted by Gasteiger charge is 2.18. The summed E-state index contributed by atoms with van der Waals surface area (Å²) < 4.78 is 7.34. The summed E-state index contributed by atoms with van der Waals surface area (Å²) in [6.07, 6.45) is 2.50. The highest BCUT2D eigenvalue weighted by molar-refractivity contribution is 7.12. The molecule has 7 nitrogen and oxygen atoms in total. The normalized spacial score (nSPS) is 10.6. The maximum atomic E-state index is 11.6. The Morgan fingerprint density at radius 3 is 2.72 bits per heavy atom. The lowest BCUT2D eigenvalue weighted by atomic mass is 10.1. The number of hydrogen-bond acceptors (Lipinski definition) is 6. The van der Waals surface area contributed by atoms with Crippen molar-refractivity contribution in [2.45, 2.75) is 6.61 Å². The number of carbonyl (C=O) groups is 1. The number of nitro benzene ring substituents is 1. The van der Waals surface area contributed by atoms with Crippen LogP contribution in [0.2, 0.25) is 0 Å². The molecular formula is C21H15N3O4S. The average Bonchev–Trinajstić information content (AvgIpc) is 3.42. The summed E-state index contributed by atoms with van der Waals surface area (Å²) in [5.74, 6) is 0.201. The number of aromatic nitrogens is 2. The van der Waals surface area contributed by atoms with Crippen molar-refractivity contribution < 1.29 is 14.5 Å². The molecule has 2 aromatic carbocycles. The van der Waals surface area contributed by atoms with Gasteiger partial charge in [-0.25, -0.2) is 4.98 Å². The van der Waals surface area contributed by atoms with E-state index in [1.54, 1.807) is 40.4 Å². The highest BCUT2D eigenvalue weighted by atomic mass is 32.1. The van der Waals surface area contributed by atoms with Crippen LogP contribution in [0.1, 0.15) is 16.1 Å². The fourth-order valence-corrected chi connectivity index (χ4v) is 3.69. The Bertz CT molecular complexity index is 1170. The lowest BCUT2D eigenvalue weighted by Crippen LogP contribution is -1.99. The van der Waals surface area contributed by atoms with Gasteiger partial charge < -0.3 is 4.74 Å². The van der Waals surface area contributed by atoms with Crippen LogP contribution < -0.4 is 4.74 Å². The van der Waals surface area contributed by atoms with E-state index in [0.29, 0.717) is 22.1 Å². The third-order valence-corrected chi connectivity index (χ3v) is 5.13. The van der Waals surface area contributed by atoms with Crippen molar-refractivity contribution in [2.24, 2.45) is 0 Å². The van der Waals surface area contributed by atoms with E-state index in [0.717, 1.165) is 11.8 Å². The molecule has 144 valence electrons. The molecular weight excluding hydrogens is 390 g/mol. The molecule has 0 N–H and O–H groups in total. The van der Waals surface area contributed by atoms with Gasteiger partial charge in [0.25, 0.3) is 0 Å². The zero-order valence-corrected chi connectivity index (χ0v) is 15.9. The Hall–Kier alpha value is -3.78. The molecule has 0 radical (unpaired) electrons. The third kappa shape index (κ3) is 3.92. The second-order valence-electron chi connectivity index (χ2n) is 6.15. The highest BCUT2D eigenvalue weighted by Crippen LogP contribution is 2.34. The number of rotatable bonds is 7. The molecule has 0 spiro atoms. The molecule has 29 heavy (non-hydrogen) atoms. The van der Waals surface area contributed by atoms with Crippen LogP contribution in [-0.4, -0.2) is 20.8 Å². The number of aldehydes is 1. The molecule has 0 aliphatic carbocycles. The molecule has 0 bridgehead atoms. The minimum Gasteiger partial charge on any atom is -0.482 e. The zero-order valence-electron chi connectivity index (χ0n) is 15.1. The van der Waals surface area contributed by atoms with Gasteiger partial charge in [0.1, 0.15) is 6.61 Å². The van der Waals surface area contributed by atoms with Gasteiger partial charge in [0, 0.05) is 23.2 Å². The summed E-state index contributed by atoms with van der Waals surface area (Å²) in [7, 11) is 0. The average molecular weight is 405 g/mol. The quantitative estimate of drug-likeness (QED) is 0.248. The Balaban J connectivity index is 1.61. The molecule has 0 amide bonds. The second kappa shape index (κ2) is 8.07. The van der Waals surface area contributed by atoms with E-state index in [-0.39, 0.29) is 18.0 Å². The van der Waals surface area contributed by atoms with Gasteiger partial charge in [-0.05, 0) is 29.8 Å². The summed E-state index contributed by atoms with van der Waals surface area (Å²) in [6.45, 7) is 0.240. The summed E-state index contributed by atoms with van der Waals surface area (Å²) in [4.78, 5) is 26.7. The minimum absolute atomic E-state index is 0.123. The Labute approximate surface area is 170 Å². The SMILES string of the molecule is O=Cc1cccn1-c1nc(-c2ccc(OCc3ccccc3)c([N+](=O)[O-])c2)cs1. The molecule has 0 aliphatic rings. The molecule has 8 heteroatoms. The lowest BCUT2D eigenvalue weighted by molar-refractivity contribution is -0.385. The number of ether oxygens (including phenoxy) is 1. The van der Waals surface area contributed by atoms with Crippen LogP contribution in [0.5, 0.6) is 5.75 Å². The van der Waals surface area contributed by atoms with Gasteiger partial charge in [-0.15, -0.1) is 11.3 Å². The molecule has 2 aromatic heterocycles. The van der Waals surface area contributed by atoms with Crippen molar-refractivity contribution in [3.05, 3.63) is 93.6 Å². The van der Waals surface area contributed by atoms with Crippen LogP contribution in [0, 0.1) is 10.1 Å². The molecule has 0 unspecified atom stereocenters. The van der Waals surface area contributed by atoms with Crippen molar-refractivity contribution >= 4 is 23.3 Å². The molecule has 0 atom stereocenters. The number of thiazole rings is 1. The first kappa shape index (κ1) is 18.6. The first-order valence-electron chi connectivity index (χ1n) is 8.69. The maximum Gasteiger partial charge on any atom is 0.311 e. The summed E-state index contributed by atoms with van der Waals surface area (Å²) in [5, 5.41) is 14.0. The lowest BCUT2D eigenvalue weighted by Gasteiger charge is -2.08. The number of benzene rings is 2. The van der Waals surface area contributed by atoms with Crippen molar-refractivity contribution in [3.63, 3.8) is 0 Å². The van der Waals surface area contributed by atoms with Gasteiger partial charge in [0.05, 0.1) is 16.3 Å². The largest absolute Gasteiger partial charge is 0.482 e. The standard InChI is InChI=1S/C21H15N3O4S/c25-12-17-7-4-10-23(17)21-22-18(14-29-21)16-8-9-20(19(11-16)24(26)27)28-13-15-5-2-1-3-6-15/h1-12,14H,13H2. The van der Waals surface area contributed by atoms with Crippen LogP contribution in [0.3, 0.4) is 0 Å². The van der Waals surface area contributed by atoms with E-state index < -0.39 is 4.92 Å². The van der Waals surface area contributed by atoms with Crippen molar-refractivity contribution in [2.75, 3.05) is 0 Å². The van der Waals surface area contributed by atoms with Crippen LogP contribution in [0.15, 0.2) is 72.2 Å². The third-order valence-electron chi connectivity index (χ3n) is 4.29. The fourth-order valence-electron chi connectivity index (χ4n) is 2.85. The van der Waals surface area contributed by atoms with E-state index in [1.165, 1.54) is 17.4 Å². The van der Waals surface area contributed by atoms with Gasteiger partial charge in [-0.1, -0.05) is 30.3 Å². The second-order valence-corrected chi connectivity index (χ2v) is 6.99. The monoisotopic (exact) mass is 405 g/mol. The van der Waals surface area contributed by atoms with Gasteiger partial charge in [0.2, 0.25) is 0 Å². The number of carbonyl (C=O) groups excluding carboxylic acids is 1. The predicted octanol–water partition coefficient (Wildman–Crippen LogP) is 4.90. The number of nitro groups is 1. The fraction of sp³-hybridized carbons (Fsp3) is 0.0476. The van der Waals surface area contributed by atoms with Gasteiger partial charge in [0.15, 0.2) is 17.2 Å². The van der Waals surface area contributed by atoms with Crippen LogP contribution >= 0.6 is 11.3 Å². The number of hydrogen-bond donors (Lipinski definition) is 0. The van der Waals surface area contributed by atoms with Gasteiger partial charge in [-0.3, -0.25) is 19.5 Å². The first-order valence-corrected chi connectivity index (χ1v) is 9.57. The molecule has 0 saturated heterocycles. The minimum atomic E-state index is -0.465. The molecule has 0 saturated carbocycles. The van der Waals surface area contributed by atoms with Gasteiger partial charge >= 0.3 is 5.69 Å². The van der Waals surface area contributed by atoms with E-state index in [4.69, 9.17) is 4.74 Å². The van der Waals surface area contributed by atoms with Crippen molar-refractivity contribution in [3.8, 4) is 22.1 Å². The summed E-state index contributed by atoms with van der Waals surface area (Å²) >= 11 is 1.35. The topological polar surface area (TPSA) is 87.3 Å². The maximum absolute atomic E-state index is 11.6. The predicted molar refractivity (Wildman–Crippen MR) is 110 cm³/mol. The van der Waals surface area contributed by atoms with Crippen LogP contribution in [0.4, 0.5) is 5.69 Å². The molecule has 2 heterocycles. The molecule has 4 rings (SSSR count). The Kier molecular flexibility index (Phi) is 5.17. The summed E-state index contributed by atoms with van der Waals surface area (Å²) in [6, 6.07) is 17.7. The first-order chi connectivity index (χ1) is 14.2. The van der Waals surface area contributed by atoms with Crippen LogP contribution in [0.25, 0.3) is 16.4 Å². The van der Waals surface area contributed by atoms with Crippen molar-refractivity contribution in [1.82, 2.24) is 9.55 Å². The molecule has 4 aromatic rings. The Morgan fingerprint density at radius 2 is 1.97 bits per heavy atom. The van der Waals surface area contributed by atoms with Crippen LogP contribution in [-0.2, 0) is 6.61 Å². The Morgan fingerprint density at radius 1 is 1.14 bits per heavy atom. The molecule has 0 aliphatic heterocycles. The van der Waals surface area contributed by atoms with E-state index >= 15 is 0 Å². The van der Waals surface area contributed by atoms with E-state index in [9.17, 15) is 14.9 Å². The zero-order chi connectivity index (χ0) is 20.2. The smallest absolute Gasteiger partial charge is 0.311 e. The molecule has 0 fully saturated rings. The van der Waals surface area contributed by atoms with E-state index in [2.05, 4.69) is 4.98 Å². The van der Waals surface area contributed by atoms with E-state index in [1.807, 2.05) is 30.3 Å². The van der Waals surface area contributed by atoms with Crippen molar-refractivity contribution in [1.29, 1.82) is 0 Å². The van der Waals surface area contributed by atoms with Gasteiger partial charge in [-0.2, -0.15) is 0 Å². The summed E-state index contributed by atoms with van der Waals surface area (Å²) in [5.41, 5.74) is 2.48. The number of nitrogens with zero attached hydrogens (tertiary/aromatic N) is 3.